The van der Waals surface area contributed by atoms with Crippen molar-refractivity contribution in [1.82, 2.24) is 10.9 Å². The summed E-state index contributed by atoms with van der Waals surface area (Å²) in [6, 6.07) is 15.9. The number of carbonyl (C=O) groups is 1. The van der Waals surface area contributed by atoms with Gasteiger partial charge in [0.15, 0.2) is 0 Å². The van der Waals surface area contributed by atoms with E-state index in [9.17, 15) is 22.4 Å². The highest BCUT2D eigenvalue weighted by atomic mass is 35.5. The van der Waals surface area contributed by atoms with Crippen LogP contribution in [0.1, 0.15) is 23.6 Å². The van der Waals surface area contributed by atoms with Gasteiger partial charge in [-0.25, -0.2) is 15.2 Å². The van der Waals surface area contributed by atoms with Crippen LogP contribution in [0.2, 0.25) is 5.02 Å². The second kappa shape index (κ2) is 8.90. The first kappa shape index (κ1) is 22.3. The highest BCUT2D eigenvalue weighted by molar-refractivity contribution is 6.30. The zero-order valence-corrected chi connectivity index (χ0v) is 17.3. The molecule has 4 nitrogen and oxygen atoms in total. The first-order chi connectivity index (χ1) is 15.2. The molecule has 3 aromatic rings. The number of anilines is 2. The molecule has 2 atom stereocenters. The Morgan fingerprint density at radius 2 is 1.44 bits per heavy atom. The molecule has 0 bridgehead atoms. The van der Waals surface area contributed by atoms with Gasteiger partial charge >= 0.3 is 6.18 Å². The van der Waals surface area contributed by atoms with Gasteiger partial charge in [-0.1, -0.05) is 23.7 Å². The van der Waals surface area contributed by atoms with Crippen molar-refractivity contribution in [3.8, 4) is 0 Å². The number of rotatable bonds is 4. The standard InChI is InChI=1S/C23H18ClF4N3O/c24-16-5-11-19(12-6-16)31(18-9-3-15(4-10-18)23(26,27)28)22(32)21-13-20(29-30-21)14-1-7-17(25)8-2-14/h1-12,20-21,29-30H,13H2. The first-order valence-electron chi connectivity index (χ1n) is 9.76. The maximum atomic E-state index is 13.5. The number of alkyl halides is 3. The lowest BCUT2D eigenvalue weighted by atomic mass is 10.0. The topological polar surface area (TPSA) is 44.4 Å². The number of hydrogen-bond acceptors (Lipinski definition) is 3. The van der Waals surface area contributed by atoms with Gasteiger partial charge in [0.25, 0.3) is 0 Å². The predicted octanol–water partition coefficient (Wildman–Crippen LogP) is 5.77. The van der Waals surface area contributed by atoms with Gasteiger partial charge < -0.3 is 0 Å². The zero-order valence-electron chi connectivity index (χ0n) is 16.5. The van der Waals surface area contributed by atoms with Crippen LogP contribution < -0.4 is 15.8 Å². The van der Waals surface area contributed by atoms with E-state index in [2.05, 4.69) is 10.9 Å². The van der Waals surface area contributed by atoms with Gasteiger partial charge in [-0.3, -0.25) is 9.69 Å². The average molecular weight is 464 g/mol. The number of nitrogens with zero attached hydrogens (tertiary/aromatic N) is 1. The molecule has 1 aliphatic heterocycles. The van der Waals surface area contributed by atoms with Crippen LogP contribution >= 0.6 is 11.6 Å². The molecular formula is C23H18ClF4N3O. The summed E-state index contributed by atoms with van der Waals surface area (Å²) in [6.45, 7) is 0. The molecule has 32 heavy (non-hydrogen) atoms. The van der Waals surface area contributed by atoms with Crippen molar-refractivity contribution in [2.24, 2.45) is 0 Å². The van der Waals surface area contributed by atoms with Crippen molar-refractivity contribution in [3.63, 3.8) is 0 Å². The molecular weight excluding hydrogens is 446 g/mol. The summed E-state index contributed by atoms with van der Waals surface area (Å²) in [5.41, 5.74) is 6.73. The minimum Gasteiger partial charge on any atom is -0.280 e. The fraction of sp³-hybridized carbons (Fsp3) is 0.174. The van der Waals surface area contributed by atoms with E-state index in [-0.39, 0.29) is 23.5 Å². The molecule has 4 rings (SSSR count). The van der Waals surface area contributed by atoms with Gasteiger partial charge in [0, 0.05) is 22.4 Å². The monoisotopic (exact) mass is 463 g/mol. The van der Waals surface area contributed by atoms with Gasteiger partial charge in [-0.05, 0) is 72.6 Å². The van der Waals surface area contributed by atoms with E-state index in [1.165, 1.54) is 29.2 Å². The molecule has 0 saturated carbocycles. The fourth-order valence-electron chi connectivity index (χ4n) is 3.58. The van der Waals surface area contributed by atoms with Crippen LogP contribution in [0.15, 0.2) is 72.8 Å². The lowest BCUT2D eigenvalue weighted by Gasteiger charge is -2.26. The molecule has 0 aliphatic carbocycles. The molecule has 2 unspecified atom stereocenters. The van der Waals surface area contributed by atoms with Crippen LogP contribution in [0, 0.1) is 5.82 Å². The molecule has 0 aromatic heterocycles. The third-order valence-corrected chi connectivity index (χ3v) is 5.48. The van der Waals surface area contributed by atoms with Gasteiger partial charge in [-0.15, -0.1) is 0 Å². The van der Waals surface area contributed by atoms with Crippen molar-refractivity contribution in [3.05, 3.63) is 94.8 Å². The van der Waals surface area contributed by atoms with Crippen LogP contribution in [-0.4, -0.2) is 11.9 Å². The Hall–Kier alpha value is -2.94. The van der Waals surface area contributed by atoms with E-state index in [0.717, 1.165) is 17.7 Å². The van der Waals surface area contributed by atoms with Crippen LogP contribution in [0.5, 0.6) is 0 Å². The Morgan fingerprint density at radius 1 is 0.875 bits per heavy atom. The largest absolute Gasteiger partial charge is 0.416 e. The highest BCUT2D eigenvalue weighted by Crippen LogP contribution is 2.34. The van der Waals surface area contributed by atoms with Crippen LogP contribution in [-0.2, 0) is 11.0 Å². The van der Waals surface area contributed by atoms with Gasteiger partial charge in [0.1, 0.15) is 11.9 Å². The lowest BCUT2D eigenvalue weighted by molar-refractivity contribution is -0.137. The molecule has 1 saturated heterocycles. The number of carbonyl (C=O) groups excluding carboxylic acids is 1. The van der Waals surface area contributed by atoms with E-state index in [0.29, 0.717) is 17.1 Å². The second-order valence-electron chi connectivity index (χ2n) is 7.38. The van der Waals surface area contributed by atoms with Gasteiger partial charge in [0.05, 0.1) is 5.56 Å². The Bertz CT molecular complexity index is 1090. The normalized spacial score (nSPS) is 18.5. The Labute approximate surface area is 186 Å². The SMILES string of the molecule is O=C(C1CC(c2ccc(F)cc2)NN1)N(c1ccc(Cl)cc1)c1ccc(C(F)(F)F)cc1. The van der Waals surface area contributed by atoms with E-state index >= 15 is 0 Å². The smallest absolute Gasteiger partial charge is 0.280 e. The molecule has 1 fully saturated rings. The molecule has 2 N–H and O–H groups in total. The van der Waals surface area contributed by atoms with Crippen LogP contribution in [0.25, 0.3) is 0 Å². The molecule has 1 heterocycles. The van der Waals surface area contributed by atoms with Crippen LogP contribution in [0.4, 0.5) is 28.9 Å². The van der Waals surface area contributed by atoms with Crippen molar-refractivity contribution in [2.45, 2.75) is 24.7 Å². The van der Waals surface area contributed by atoms with E-state index < -0.39 is 17.8 Å². The van der Waals surface area contributed by atoms with Crippen molar-refractivity contribution < 1.29 is 22.4 Å². The summed E-state index contributed by atoms with van der Waals surface area (Å²) >= 11 is 5.96. The predicted molar refractivity (Wildman–Crippen MR) is 114 cm³/mol. The summed E-state index contributed by atoms with van der Waals surface area (Å²) in [7, 11) is 0. The Morgan fingerprint density at radius 3 is 2.00 bits per heavy atom. The molecule has 0 radical (unpaired) electrons. The summed E-state index contributed by atoms with van der Waals surface area (Å²) in [5.74, 6) is -0.715. The first-order valence-corrected chi connectivity index (χ1v) is 10.1. The second-order valence-corrected chi connectivity index (χ2v) is 7.81. The van der Waals surface area contributed by atoms with Crippen molar-refractivity contribution in [2.75, 3.05) is 4.90 Å². The van der Waals surface area contributed by atoms with E-state index in [1.54, 1.807) is 36.4 Å². The minimum atomic E-state index is -4.48. The summed E-state index contributed by atoms with van der Waals surface area (Å²) < 4.78 is 52.2. The maximum absolute atomic E-state index is 13.5. The summed E-state index contributed by atoms with van der Waals surface area (Å²) in [6.07, 6.45) is -4.11. The average Bonchev–Trinajstić information content (AvgIpc) is 3.26. The third-order valence-electron chi connectivity index (χ3n) is 5.23. The van der Waals surface area contributed by atoms with E-state index in [4.69, 9.17) is 11.6 Å². The molecule has 166 valence electrons. The molecule has 3 aromatic carbocycles. The fourth-order valence-corrected chi connectivity index (χ4v) is 3.71. The Balaban J connectivity index is 1.62. The maximum Gasteiger partial charge on any atom is 0.416 e. The number of benzene rings is 3. The van der Waals surface area contributed by atoms with Crippen molar-refractivity contribution >= 4 is 28.9 Å². The quantitative estimate of drug-likeness (QED) is 0.483. The molecule has 1 amide bonds. The number of hydrogen-bond donors (Lipinski definition) is 2. The highest BCUT2D eigenvalue weighted by Gasteiger charge is 2.35. The molecule has 1 aliphatic rings. The Kier molecular flexibility index (Phi) is 6.19. The zero-order chi connectivity index (χ0) is 22.9. The third kappa shape index (κ3) is 4.77. The number of nitrogens with one attached hydrogen (secondary N) is 2. The minimum absolute atomic E-state index is 0.232. The summed E-state index contributed by atoms with van der Waals surface area (Å²) in [4.78, 5) is 14.8. The summed E-state index contributed by atoms with van der Waals surface area (Å²) in [5, 5.41) is 0.464. The van der Waals surface area contributed by atoms with Gasteiger partial charge in [-0.2, -0.15) is 13.2 Å². The van der Waals surface area contributed by atoms with E-state index in [1.807, 2.05) is 0 Å². The number of amides is 1. The molecule has 0 spiro atoms. The number of hydrazine groups is 1. The van der Waals surface area contributed by atoms with Gasteiger partial charge in [0.2, 0.25) is 5.91 Å². The van der Waals surface area contributed by atoms with Crippen LogP contribution in [0.3, 0.4) is 0 Å². The lowest BCUT2D eigenvalue weighted by Crippen LogP contribution is -2.43. The number of halogens is 5. The van der Waals surface area contributed by atoms with Crippen molar-refractivity contribution in [1.29, 1.82) is 0 Å². The molecule has 9 heteroatoms.